The van der Waals surface area contributed by atoms with E-state index in [4.69, 9.17) is 14.2 Å². The van der Waals surface area contributed by atoms with Gasteiger partial charge in [0, 0.05) is 6.42 Å². The molecule has 0 N–H and O–H groups in total. The van der Waals surface area contributed by atoms with E-state index in [9.17, 15) is 22.8 Å². The van der Waals surface area contributed by atoms with Crippen LogP contribution in [0, 0.1) is 10.8 Å². The van der Waals surface area contributed by atoms with Crippen LogP contribution < -0.4 is 0 Å². The summed E-state index contributed by atoms with van der Waals surface area (Å²) in [4.78, 5) is 22.6. The fraction of sp³-hybridized carbons (Fsp3) is 0.900. The van der Waals surface area contributed by atoms with E-state index in [0.29, 0.717) is 13.0 Å². The number of hydrogen-bond donors (Lipinski definition) is 0. The van der Waals surface area contributed by atoms with Gasteiger partial charge in [-0.15, -0.1) is 0 Å². The van der Waals surface area contributed by atoms with Crippen molar-refractivity contribution in [3.8, 4) is 0 Å². The minimum Gasteiger partial charge on any atom is -0.463 e. The summed E-state index contributed by atoms with van der Waals surface area (Å²) < 4.78 is 56.7. The van der Waals surface area contributed by atoms with Crippen molar-refractivity contribution in [1.29, 1.82) is 0 Å². The lowest BCUT2D eigenvalue weighted by molar-refractivity contribution is -0.201. The molecule has 0 saturated heterocycles. The Morgan fingerprint density at radius 2 is 1.31 bits per heavy atom. The minimum atomic E-state index is -5.03. The highest BCUT2D eigenvalue weighted by Gasteiger charge is 2.40. The molecule has 0 radical (unpaired) electrons. The van der Waals surface area contributed by atoms with Crippen LogP contribution in [0.1, 0.15) is 61.3 Å². The maximum Gasteiger partial charge on any atom is 0.490 e. The Morgan fingerprint density at radius 1 is 0.793 bits per heavy atom. The van der Waals surface area contributed by atoms with Crippen LogP contribution in [0.3, 0.4) is 0 Å². The smallest absolute Gasteiger partial charge is 0.463 e. The Balaban J connectivity index is 4.23. The van der Waals surface area contributed by atoms with Gasteiger partial charge in [0.2, 0.25) is 0 Å². The van der Waals surface area contributed by atoms with Crippen molar-refractivity contribution in [3.05, 3.63) is 0 Å². The Labute approximate surface area is 171 Å². The first-order chi connectivity index (χ1) is 13.0. The quantitative estimate of drug-likeness (QED) is 0.361. The number of ether oxygens (including phenoxy) is 4. The second-order valence-electron chi connectivity index (χ2n) is 9.00. The number of carbonyl (C=O) groups excluding carboxylic acids is 2. The molecule has 2 unspecified atom stereocenters. The van der Waals surface area contributed by atoms with E-state index < -0.39 is 30.8 Å². The lowest BCUT2D eigenvalue weighted by Gasteiger charge is -2.30. The molecule has 2 atom stereocenters. The molecule has 9 heteroatoms. The molecule has 172 valence electrons. The molecule has 0 aromatic carbocycles. The van der Waals surface area contributed by atoms with Crippen LogP contribution in [0.25, 0.3) is 0 Å². The second kappa shape index (κ2) is 11.7. The highest BCUT2D eigenvalue weighted by atomic mass is 19.4. The van der Waals surface area contributed by atoms with Crippen molar-refractivity contribution < 1.29 is 41.7 Å². The molecule has 29 heavy (non-hydrogen) atoms. The van der Waals surface area contributed by atoms with Crippen LogP contribution in [0.2, 0.25) is 0 Å². The highest BCUT2D eigenvalue weighted by Crippen LogP contribution is 2.26. The number of rotatable bonds is 11. The van der Waals surface area contributed by atoms with E-state index >= 15 is 0 Å². The molecule has 0 aliphatic carbocycles. The monoisotopic (exact) mass is 428 g/mol. The van der Waals surface area contributed by atoms with Crippen molar-refractivity contribution in [2.45, 2.75) is 79.7 Å². The third-order valence-electron chi connectivity index (χ3n) is 4.38. The number of alkyl halides is 3. The molecule has 0 saturated carbocycles. The lowest BCUT2D eigenvalue weighted by Crippen LogP contribution is -2.32. The Hall–Kier alpha value is -1.35. The van der Waals surface area contributed by atoms with Crippen LogP contribution in [0.4, 0.5) is 13.2 Å². The minimum absolute atomic E-state index is 0.00426. The Bertz CT molecular complexity index is 506. The predicted octanol–water partition coefficient (Wildman–Crippen LogP) is 4.30. The van der Waals surface area contributed by atoms with E-state index in [0.717, 1.165) is 0 Å². The van der Waals surface area contributed by atoms with Gasteiger partial charge in [-0.3, -0.25) is 4.79 Å². The average molecular weight is 428 g/mol. The maximum absolute atomic E-state index is 12.1. The van der Waals surface area contributed by atoms with Gasteiger partial charge < -0.3 is 18.9 Å². The fourth-order valence-corrected chi connectivity index (χ4v) is 2.12. The average Bonchev–Trinajstić information content (AvgIpc) is 2.54. The Morgan fingerprint density at radius 3 is 1.79 bits per heavy atom. The first kappa shape index (κ1) is 27.6. The zero-order valence-corrected chi connectivity index (χ0v) is 18.5. The summed E-state index contributed by atoms with van der Waals surface area (Å²) in [5.41, 5.74) is -0.366. The van der Waals surface area contributed by atoms with Crippen molar-refractivity contribution >= 4 is 11.9 Å². The fourth-order valence-electron chi connectivity index (χ4n) is 2.12. The molecule has 0 aliphatic rings. The van der Waals surface area contributed by atoms with Crippen molar-refractivity contribution in [2.24, 2.45) is 10.8 Å². The molecule has 0 bridgehead atoms. The zero-order chi connectivity index (χ0) is 22.9. The van der Waals surface area contributed by atoms with Gasteiger partial charge in [-0.05, 0) is 24.2 Å². The first-order valence-corrected chi connectivity index (χ1v) is 9.68. The standard InChI is InChI=1S/C20H35F3O6/c1-14(18(2,3)4)26-10-12-28-16(24)9-8-15(19(5,6)7)27-11-13-29-17(25)20(21,22)23/h14-15H,8-13H2,1-7H3. The second-order valence-corrected chi connectivity index (χ2v) is 9.00. The molecule has 0 spiro atoms. The van der Waals surface area contributed by atoms with Gasteiger partial charge in [-0.1, -0.05) is 41.5 Å². The van der Waals surface area contributed by atoms with Gasteiger partial charge in [0.15, 0.2) is 0 Å². The molecular weight excluding hydrogens is 393 g/mol. The molecule has 6 nitrogen and oxygen atoms in total. The zero-order valence-electron chi connectivity index (χ0n) is 18.5. The van der Waals surface area contributed by atoms with Gasteiger partial charge in [0.25, 0.3) is 0 Å². The maximum atomic E-state index is 12.1. The topological polar surface area (TPSA) is 71.1 Å². The predicted molar refractivity (Wildman–Crippen MR) is 101 cm³/mol. The van der Waals surface area contributed by atoms with Gasteiger partial charge in [0.1, 0.15) is 13.2 Å². The number of halogens is 3. The van der Waals surface area contributed by atoms with E-state index in [1.807, 2.05) is 27.7 Å². The Kier molecular flexibility index (Phi) is 11.2. The number of hydrogen-bond acceptors (Lipinski definition) is 6. The van der Waals surface area contributed by atoms with Crippen LogP contribution in [-0.2, 0) is 28.5 Å². The van der Waals surface area contributed by atoms with E-state index in [2.05, 4.69) is 25.5 Å². The van der Waals surface area contributed by atoms with Crippen molar-refractivity contribution in [2.75, 3.05) is 26.4 Å². The normalized spacial score (nSPS) is 15.0. The molecule has 0 aromatic heterocycles. The third-order valence-corrected chi connectivity index (χ3v) is 4.38. The summed E-state index contributed by atoms with van der Waals surface area (Å²) in [6.07, 6.45) is -5.00. The van der Waals surface area contributed by atoms with E-state index in [-0.39, 0.29) is 36.6 Å². The van der Waals surface area contributed by atoms with Crippen molar-refractivity contribution in [1.82, 2.24) is 0 Å². The molecule has 0 aliphatic heterocycles. The first-order valence-electron chi connectivity index (χ1n) is 9.68. The largest absolute Gasteiger partial charge is 0.490 e. The molecule has 0 amide bonds. The summed E-state index contributed by atoms with van der Waals surface area (Å²) >= 11 is 0. The molecule has 0 heterocycles. The molecular formula is C20H35F3O6. The molecule has 0 fully saturated rings. The van der Waals surface area contributed by atoms with E-state index in [1.165, 1.54) is 0 Å². The van der Waals surface area contributed by atoms with Crippen LogP contribution >= 0.6 is 0 Å². The summed E-state index contributed by atoms with van der Waals surface area (Å²) in [6.45, 7) is 13.5. The summed E-state index contributed by atoms with van der Waals surface area (Å²) in [5.74, 6) is -2.65. The van der Waals surface area contributed by atoms with Crippen LogP contribution in [-0.4, -0.2) is 56.8 Å². The summed E-state index contributed by atoms with van der Waals surface area (Å²) in [7, 11) is 0. The lowest BCUT2D eigenvalue weighted by atomic mass is 9.86. The highest BCUT2D eigenvalue weighted by molar-refractivity contribution is 5.75. The van der Waals surface area contributed by atoms with Gasteiger partial charge in [-0.25, -0.2) is 4.79 Å². The van der Waals surface area contributed by atoms with Crippen LogP contribution in [0.15, 0.2) is 0 Å². The number of esters is 2. The van der Waals surface area contributed by atoms with E-state index in [1.54, 1.807) is 0 Å². The summed E-state index contributed by atoms with van der Waals surface area (Å²) in [6, 6.07) is 0. The third kappa shape index (κ3) is 12.7. The van der Waals surface area contributed by atoms with Gasteiger partial charge in [-0.2, -0.15) is 13.2 Å². The van der Waals surface area contributed by atoms with Gasteiger partial charge in [0.05, 0.1) is 25.4 Å². The molecule has 0 aromatic rings. The molecule has 0 rings (SSSR count). The van der Waals surface area contributed by atoms with Crippen LogP contribution in [0.5, 0.6) is 0 Å². The van der Waals surface area contributed by atoms with Crippen molar-refractivity contribution in [3.63, 3.8) is 0 Å². The summed E-state index contributed by atoms with van der Waals surface area (Å²) in [5, 5.41) is 0. The van der Waals surface area contributed by atoms with Gasteiger partial charge >= 0.3 is 18.1 Å². The SMILES string of the molecule is CC(OCCOC(=O)CCC(OCCOC(=O)C(F)(F)F)C(C)(C)C)C(C)(C)C. The number of carbonyl (C=O) groups is 2.